The molecule has 2 aliphatic heterocycles. The fourth-order valence-electron chi connectivity index (χ4n) is 5.22. The molecule has 9 heteroatoms. The minimum absolute atomic E-state index is 0.106. The van der Waals surface area contributed by atoms with E-state index in [1.807, 2.05) is 35.9 Å². The second kappa shape index (κ2) is 7.95. The van der Waals surface area contributed by atoms with Gasteiger partial charge in [-0.1, -0.05) is 28.9 Å². The average molecular weight is 494 g/mol. The maximum absolute atomic E-state index is 13.7. The predicted octanol–water partition coefficient (Wildman–Crippen LogP) is 5.08. The monoisotopic (exact) mass is 493 g/mol. The molecule has 35 heavy (non-hydrogen) atoms. The van der Waals surface area contributed by atoms with Crippen LogP contribution in [-0.2, 0) is 16.9 Å². The van der Waals surface area contributed by atoms with Crippen molar-refractivity contribution in [3.8, 4) is 0 Å². The maximum Gasteiger partial charge on any atom is 0.339 e. The molecule has 0 radical (unpaired) electrons. The number of carbonyl (C=O) groups excluding carboxylic acids is 2. The van der Waals surface area contributed by atoms with Crippen LogP contribution in [0.25, 0.3) is 10.9 Å². The zero-order valence-corrected chi connectivity index (χ0v) is 19.6. The average Bonchev–Trinajstić information content (AvgIpc) is 3.49. The number of hydrogen-bond acceptors (Lipinski definition) is 5. The number of benzene rings is 2. The molecule has 7 nitrogen and oxygen atoms in total. The molecule has 0 N–H and O–H groups in total. The second-order valence-corrected chi connectivity index (χ2v) is 9.56. The van der Waals surface area contributed by atoms with E-state index in [1.165, 1.54) is 12.1 Å². The molecule has 2 aliphatic rings. The number of amides is 1. The Morgan fingerprint density at radius 3 is 2.71 bits per heavy atom. The summed E-state index contributed by atoms with van der Waals surface area (Å²) < 4.78 is 26.5. The SMILES string of the molecule is Cc1cc(Cn2cc(C(=O)N3CCC4(CC3)OC(=O)c3cc(F)ccc34)c3ccc(Cl)cc32)no1. The number of halogens is 2. The molecule has 0 bridgehead atoms. The number of esters is 1. The lowest BCUT2D eigenvalue weighted by Gasteiger charge is -2.38. The van der Waals surface area contributed by atoms with Crippen molar-refractivity contribution in [2.75, 3.05) is 13.1 Å². The molecule has 0 unspecified atom stereocenters. The van der Waals surface area contributed by atoms with Gasteiger partial charge in [-0.05, 0) is 31.2 Å². The van der Waals surface area contributed by atoms with Crippen molar-refractivity contribution >= 4 is 34.4 Å². The highest BCUT2D eigenvalue weighted by molar-refractivity contribution is 6.31. The summed E-state index contributed by atoms with van der Waals surface area (Å²) in [4.78, 5) is 27.7. The first-order chi connectivity index (χ1) is 16.8. The van der Waals surface area contributed by atoms with Crippen molar-refractivity contribution in [1.29, 1.82) is 0 Å². The smallest absolute Gasteiger partial charge is 0.339 e. The minimum atomic E-state index is -0.816. The van der Waals surface area contributed by atoms with Crippen molar-refractivity contribution in [1.82, 2.24) is 14.6 Å². The van der Waals surface area contributed by atoms with Gasteiger partial charge in [0.2, 0.25) is 0 Å². The predicted molar refractivity (Wildman–Crippen MR) is 126 cm³/mol. The van der Waals surface area contributed by atoms with Gasteiger partial charge in [0.15, 0.2) is 0 Å². The van der Waals surface area contributed by atoms with E-state index in [-0.39, 0.29) is 11.5 Å². The summed E-state index contributed by atoms with van der Waals surface area (Å²) in [5, 5.41) is 5.44. The van der Waals surface area contributed by atoms with Crippen LogP contribution in [0.4, 0.5) is 4.39 Å². The lowest BCUT2D eigenvalue weighted by molar-refractivity contribution is -0.0389. The number of rotatable bonds is 3. The Balaban J connectivity index is 1.28. The Morgan fingerprint density at radius 2 is 1.97 bits per heavy atom. The Bertz CT molecular complexity index is 1500. The minimum Gasteiger partial charge on any atom is -0.450 e. The summed E-state index contributed by atoms with van der Waals surface area (Å²) in [7, 11) is 0. The molecule has 6 rings (SSSR count). The van der Waals surface area contributed by atoms with E-state index in [1.54, 1.807) is 17.0 Å². The van der Waals surface area contributed by atoms with Gasteiger partial charge >= 0.3 is 5.97 Å². The first-order valence-electron chi connectivity index (χ1n) is 11.4. The van der Waals surface area contributed by atoms with E-state index in [9.17, 15) is 14.0 Å². The van der Waals surface area contributed by atoms with Gasteiger partial charge in [0.25, 0.3) is 5.91 Å². The van der Waals surface area contributed by atoms with Crippen LogP contribution in [0.3, 0.4) is 0 Å². The second-order valence-electron chi connectivity index (χ2n) is 9.13. The van der Waals surface area contributed by atoms with Crippen molar-refractivity contribution < 1.29 is 23.2 Å². The number of nitrogens with zero attached hydrogens (tertiary/aromatic N) is 3. The van der Waals surface area contributed by atoms with Crippen LogP contribution < -0.4 is 0 Å². The van der Waals surface area contributed by atoms with Crippen LogP contribution in [0.1, 0.15) is 50.6 Å². The third-order valence-corrected chi connectivity index (χ3v) is 7.16. The number of piperidine rings is 1. The normalized spacial score (nSPS) is 16.7. The van der Waals surface area contributed by atoms with Gasteiger partial charge in [-0.3, -0.25) is 4.79 Å². The highest BCUT2D eigenvalue weighted by Gasteiger charge is 2.48. The van der Waals surface area contributed by atoms with E-state index in [2.05, 4.69) is 5.16 Å². The standard InChI is InChI=1S/C26H21ClFN3O4/c1-15-10-18(29-35-15)13-31-14-21(19-4-2-16(27)11-23(19)31)24(32)30-8-6-26(7-9-30)22-5-3-17(28)12-20(22)25(33)34-26/h2-5,10-12,14H,6-9,13H2,1H3. The molecule has 0 atom stereocenters. The van der Waals surface area contributed by atoms with Crippen LogP contribution in [0, 0.1) is 12.7 Å². The van der Waals surface area contributed by atoms with Gasteiger partial charge in [-0.15, -0.1) is 0 Å². The molecule has 1 saturated heterocycles. The molecule has 178 valence electrons. The molecule has 2 aromatic heterocycles. The van der Waals surface area contributed by atoms with Gasteiger partial charge in [0.1, 0.15) is 22.9 Å². The third-order valence-electron chi connectivity index (χ3n) is 6.92. The largest absolute Gasteiger partial charge is 0.450 e. The zero-order chi connectivity index (χ0) is 24.3. The first-order valence-corrected chi connectivity index (χ1v) is 11.7. The number of aromatic nitrogens is 2. The highest BCUT2D eigenvalue weighted by atomic mass is 35.5. The number of likely N-dealkylation sites (tertiary alicyclic amines) is 1. The van der Waals surface area contributed by atoms with Gasteiger partial charge < -0.3 is 18.7 Å². The molecule has 0 aliphatic carbocycles. The summed E-state index contributed by atoms with van der Waals surface area (Å²) >= 11 is 6.26. The van der Waals surface area contributed by atoms with E-state index in [0.717, 1.165) is 16.6 Å². The third kappa shape index (κ3) is 3.60. The Labute approximate surface area is 205 Å². The number of ether oxygens (including phenoxy) is 1. The van der Waals surface area contributed by atoms with Gasteiger partial charge in [-0.2, -0.15) is 0 Å². The topological polar surface area (TPSA) is 77.6 Å². The number of aryl methyl sites for hydroxylation is 1. The molecule has 1 amide bonds. The van der Waals surface area contributed by atoms with Crippen LogP contribution in [0.15, 0.2) is 53.2 Å². The molecular weight excluding hydrogens is 473 g/mol. The molecule has 1 spiro atoms. The summed E-state index contributed by atoms with van der Waals surface area (Å²) in [5.41, 5.74) is 2.30. The van der Waals surface area contributed by atoms with Crippen molar-refractivity contribution in [2.45, 2.75) is 31.9 Å². The molecule has 1 fully saturated rings. The van der Waals surface area contributed by atoms with E-state index < -0.39 is 17.4 Å². The lowest BCUT2D eigenvalue weighted by atomic mass is 9.83. The van der Waals surface area contributed by atoms with Crippen LogP contribution in [0.5, 0.6) is 0 Å². The fourth-order valence-corrected chi connectivity index (χ4v) is 5.38. The van der Waals surface area contributed by atoms with Crippen molar-refractivity contribution in [3.63, 3.8) is 0 Å². The zero-order valence-electron chi connectivity index (χ0n) is 18.9. The number of carbonyl (C=O) groups is 2. The molecular formula is C26H21ClFN3O4. The number of fused-ring (bicyclic) bond motifs is 3. The fraction of sp³-hybridized carbons (Fsp3) is 0.269. The van der Waals surface area contributed by atoms with E-state index >= 15 is 0 Å². The summed E-state index contributed by atoms with van der Waals surface area (Å²) in [6, 6.07) is 11.5. The lowest BCUT2D eigenvalue weighted by Crippen LogP contribution is -2.45. The molecule has 4 aromatic rings. The van der Waals surface area contributed by atoms with Gasteiger partial charge in [0, 0.05) is 54.2 Å². The van der Waals surface area contributed by atoms with Gasteiger partial charge in [0.05, 0.1) is 23.2 Å². The van der Waals surface area contributed by atoms with Crippen LogP contribution in [0.2, 0.25) is 5.02 Å². The van der Waals surface area contributed by atoms with Gasteiger partial charge in [-0.25, -0.2) is 9.18 Å². The van der Waals surface area contributed by atoms with Crippen LogP contribution in [-0.4, -0.2) is 39.6 Å². The van der Waals surface area contributed by atoms with Crippen molar-refractivity contribution in [2.24, 2.45) is 0 Å². The highest BCUT2D eigenvalue weighted by Crippen LogP contribution is 2.44. The first kappa shape index (κ1) is 21.9. The van der Waals surface area contributed by atoms with E-state index in [0.29, 0.717) is 54.4 Å². The Morgan fingerprint density at radius 1 is 1.17 bits per heavy atom. The number of hydrogen-bond donors (Lipinski definition) is 0. The van der Waals surface area contributed by atoms with E-state index in [4.69, 9.17) is 20.9 Å². The summed E-state index contributed by atoms with van der Waals surface area (Å²) in [6.45, 7) is 3.08. The summed E-state index contributed by atoms with van der Waals surface area (Å²) in [6.07, 6.45) is 2.73. The maximum atomic E-state index is 13.7. The molecule has 4 heterocycles. The molecule has 0 saturated carbocycles. The van der Waals surface area contributed by atoms with Crippen molar-refractivity contribution in [3.05, 3.63) is 87.6 Å². The Kier molecular flexibility index (Phi) is 4.96. The quantitative estimate of drug-likeness (QED) is 0.372. The van der Waals surface area contributed by atoms with Crippen LogP contribution >= 0.6 is 11.6 Å². The molecule has 2 aromatic carbocycles. The Hall–Kier alpha value is -3.65. The summed E-state index contributed by atoms with van der Waals surface area (Å²) in [5.74, 6) is -0.374.